The molecule has 0 rings (SSSR count). The molecule has 0 saturated heterocycles. The Morgan fingerprint density at radius 1 is 0.490 bits per heavy atom. The molecule has 0 spiro atoms. The van der Waals surface area contributed by atoms with Gasteiger partial charge < -0.3 is 23.8 Å². The van der Waals surface area contributed by atoms with E-state index in [9.17, 15) is 9.59 Å². The van der Waals surface area contributed by atoms with E-state index in [4.69, 9.17) is 9.47 Å². The number of carbonyl (C=O) groups is 2. The minimum atomic E-state index is -0.0912. The summed E-state index contributed by atoms with van der Waals surface area (Å²) in [5, 5.41) is 0. The average Bonchev–Trinajstić information content (AvgIpc) is 3.09. The minimum Gasteiger partial charge on any atom is -0.469 e. The Morgan fingerprint density at radius 2 is 0.857 bits per heavy atom. The first kappa shape index (κ1) is 47.3. The molecule has 0 aromatic rings. The van der Waals surface area contributed by atoms with Gasteiger partial charge in [-0.3, -0.25) is 9.59 Å². The van der Waals surface area contributed by atoms with Crippen molar-refractivity contribution in [2.24, 2.45) is 0 Å². The quantitative estimate of drug-likeness (QED) is 0.0362. The Hall–Kier alpha value is -1.70. The number of nitrogens with zero attached hydrogens (tertiary/aromatic N) is 1. The first-order chi connectivity index (χ1) is 24.0. The molecular formula is C42H79NO6. The number of unbranched alkanes of at least 4 members (excludes halogenated alkanes) is 20. The van der Waals surface area contributed by atoms with Crippen molar-refractivity contribution in [2.75, 3.05) is 54.7 Å². The molecule has 0 heterocycles. The highest BCUT2D eigenvalue weighted by atomic mass is 16.5. The van der Waals surface area contributed by atoms with E-state index in [1.807, 2.05) is 0 Å². The van der Waals surface area contributed by atoms with Crippen molar-refractivity contribution in [3.8, 4) is 0 Å². The molecule has 0 aliphatic carbocycles. The van der Waals surface area contributed by atoms with Gasteiger partial charge in [-0.25, -0.2) is 0 Å². The van der Waals surface area contributed by atoms with E-state index < -0.39 is 0 Å². The van der Waals surface area contributed by atoms with E-state index in [0.717, 1.165) is 84.2 Å². The molecule has 49 heavy (non-hydrogen) atoms. The standard InChI is InChI=1S/C42H79NO6/c1-43(2)39-40(35-38-48-36-31-27-23-19-15-11-8-10-14-18-22-26-30-34-42(45)47-4)49-37-32-28-24-20-16-12-7-5-6-9-13-17-21-25-29-33-41(44)46-3/h6,8-10,40H,5,7,11-39H2,1-4H3/b9-6-,10-8-. The SMILES string of the molecule is COC(=O)CCCCCC/C=C\CCCCCCCCCOC(CCOCCCCCCC/C=C\CCCCCCC(=O)OC)CN(C)C. The summed E-state index contributed by atoms with van der Waals surface area (Å²) >= 11 is 0. The number of carbonyl (C=O) groups excluding carboxylic acids is 2. The van der Waals surface area contributed by atoms with Gasteiger partial charge in [0, 0.05) is 39.2 Å². The zero-order chi connectivity index (χ0) is 35.9. The number of esters is 2. The van der Waals surface area contributed by atoms with Gasteiger partial charge in [0.05, 0.1) is 20.3 Å². The van der Waals surface area contributed by atoms with Crippen LogP contribution in [-0.2, 0) is 28.5 Å². The summed E-state index contributed by atoms with van der Waals surface area (Å²) in [4.78, 5) is 24.4. The summed E-state index contributed by atoms with van der Waals surface area (Å²) in [6.45, 7) is 3.48. The van der Waals surface area contributed by atoms with Gasteiger partial charge in [-0.05, 0) is 97.6 Å². The summed E-state index contributed by atoms with van der Waals surface area (Å²) in [5.41, 5.74) is 0. The fourth-order valence-corrected chi connectivity index (χ4v) is 5.89. The van der Waals surface area contributed by atoms with Crippen LogP contribution in [0.5, 0.6) is 0 Å². The Balaban J connectivity index is 3.53. The molecule has 0 aromatic heterocycles. The van der Waals surface area contributed by atoms with Crippen LogP contribution in [0.1, 0.15) is 173 Å². The van der Waals surface area contributed by atoms with Gasteiger partial charge in [0.1, 0.15) is 0 Å². The van der Waals surface area contributed by atoms with Gasteiger partial charge in [0.25, 0.3) is 0 Å². The second kappa shape index (κ2) is 39.1. The normalized spacial score (nSPS) is 12.4. The van der Waals surface area contributed by atoms with Gasteiger partial charge in [0.15, 0.2) is 0 Å². The number of hydrogen-bond donors (Lipinski definition) is 0. The minimum absolute atomic E-state index is 0.0890. The predicted molar refractivity (Wildman–Crippen MR) is 206 cm³/mol. The average molecular weight is 694 g/mol. The van der Waals surface area contributed by atoms with Gasteiger partial charge >= 0.3 is 11.9 Å². The Bertz CT molecular complexity index is 710. The molecule has 0 aliphatic heterocycles. The summed E-state index contributed by atoms with van der Waals surface area (Å²) < 4.78 is 21.6. The van der Waals surface area contributed by atoms with E-state index in [1.54, 1.807) is 0 Å². The Kier molecular flexibility index (Phi) is 37.7. The highest BCUT2D eigenvalue weighted by Crippen LogP contribution is 2.12. The van der Waals surface area contributed by atoms with Crippen molar-refractivity contribution in [3.63, 3.8) is 0 Å². The van der Waals surface area contributed by atoms with Crippen molar-refractivity contribution < 1.29 is 28.5 Å². The number of methoxy groups -OCH3 is 2. The van der Waals surface area contributed by atoms with Crippen LogP contribution < -0.4 is 0 Å². The largest absolute Gasteiger partial charge is 0.469 e. The number of likely N-dealkylation sites (N-methyl/N-ethyl adjacent to an activating group) is 1. The molecule has 288 valence electrons. The van der Waals surface area contributed by atoms with Crippen molar-refractivity contribution in [2.45, 2.75) is 179 Å². The first-order valence-electron chi connectivity index (χ1n) is 20.3. The van der Waals surface area contributed by atoms with Crippen LogP contribution in [0.4, 0.5) is 0 Å². The van der Waals surface area contributed by atoms with Crippen LogP contribution >= 0.6 is 0 Å². The van der Waals surface area contributed by atoms with Crippen LogP contribution in [0, 0.1) is 0 Å². The topological polar surface area (TPSA) is 74.3 Å². The Labute approximate surface area is 303 Å². The monoisotopic (exact) mass is 694 g/mol. The van der Waals surface area contributed by atoms with Crippen molar-refractivity contribution >= 4 is 11.9 Å². The van der Waals surface area contributed by atoms with Crippen LogP contribution in [0.2, 0.25) is 0 Å². The van der Waals surface area contributed by atoms with E-state index in [1.165, 1.54) is 117 Å². The van der Waals surface area contributed by atoms with Crippen LogP contribution in [0.25, 0.3) is 0 Å². The zero-order valence-electron chi connectivity index (χ0n) is 32.7. The summed E-state index contributed by atoms with van der Waals surface area (Å²) in [5.74, 6) is -0.180. The molecule has 0 bridgehead atoms. The van der Waals surface area contributed by atoms with Crippen LogP contribution in [0.15, 0.2) is 24.3 Å². The van der Waals surface area contributed by atoms with Gasteiger partial charge in [-0.2, -0.15) is 0 Å². The van der Waals surface area contributed by atoms with Gasteiger partial charge in [-0.15, -0.1) is 0 Å². The predicted octanol–water partition coefficient (Wildman–Crippen LogP) is 10.9. The van der Waals surface area contributed by atoms with E-state index in [2.05, 4.69) is 52.8 Å². The molecule has 0 amide bonds. The lowest BCUT2D eigenvalue weighted by molar-refractivity contribution is -0.141. The highest BCUT2D eigenvalue weighted by Gasteiger charge is 2.10. The number of allylic oxidation sites excluding steroid dienone is 4. The van der Waals surface area contributed by atoms with Crippen molar-refractivity contribution in [1.82, 2.24) is 4.90 Å². The molecule has 0 N–H and O–H groups in total. The fraction of sp³-hybridized carbons (Fsp3) is 0.857. The smallest absolute Gasteiger partial charge is 0.305 e. The number of rotatable bonds is 38. The summed E-state index contributed by atoms with van der Waals surface area (Å²) in [7, 11) is 7.16. The van der Waals surface area contributed by atoms with E-state index >= 15 is 0 Å². The second-order valence-corrected chi connectivity index (χ2v) is 14.0. The number of ether oxygens (including phenoxy) is 4. The lowest BCUT2D eigenvalue weighted by Gasteiger charge is -2.21. The van der Waals surface area contributed by atoms with Gasteiger partial charge in [0.2, 0.25) is 0 Å². The first-order valence-corrected chi connectivity index (χ1v) is 20.3. The summed E-state index contributed by atoms with van der Waals surface area (Å²) in [6, 6.07) is 0. The maximum absolute atomic E-state index is 11.1. The lowest BCUT2D eigenvalue weighted by atomic mass is 10.1. The lowest BCUT2D eigenvalue weighted by Crippen LogP contribution is -2.30. The maximum atomic E-state index is 11.1. The molecular weight excluding hydrogens is 614 g/mol. The second-order valence-electron chi connectivity index (χ2n) is 14.0. The third-order valence-corrected chi connectivity index (χ3v) is 8.97. The molecule has 7 heteroatoms. The molecule has 0 aromatic carbocycles. The molecule has 0 aliphatic rings. The molecule has 1 atom stereocenters. The molecule has 1 unspecified atom stereocenters. The molecule has 0 radical (unpaired) electrons. The summed E-state index contributed by atoms with van der Waals surface area (Å²) in [6.07, 6.45) is 40.7. The van der Waals surface area contributed by atoms with E-state index in [0.29, 0.717) is 12.8 Å². The fourth-order valence-electron chi connectivity index (χ4n) is 5.89. The highest BCUT2D eigenvalue weighted by molar-refractivity contribution is 5.69. The number of hydrogen-bond acceptors (Lipinski definition) is 7. The third kappa shape index (κ3) is 38.9. The molecule has 0 fully saturated rings. The zero-order valence-corrected chi connectivity index (χ0v) is 32.7. The maximum Gasteiger partial charge on any atom is 0.305 e. The van der Waals surface area contributed by atoms with Crippen LogP contribution in [-0.4, -0.2) is 77.6 Å². The molecule has 0 saturated carbocycles. The van der Waals surface area contributed by atoms with Crippen LogP contribution in [0.3, 0.4) is 0 Å². The van der Waals surface area contributed by atoms with E-state index in [-0.39, 0.29) is 18.0 Å². The molecule has 7 nitrogen and oxygen atoms in total. The Morgan fingerprint density at radius 3 is 1.27 bits per heavy atom. The van der Waals surface area contributed by atoms with Crippen molar-refractivity contribution in [3.05, 3.63) is 24.3 Å². The van der Waals surface area contributed by atoms with Gasteiger partial charge in [-0.1, -0.05) is 101 Å². The van der Waals surface area contributed by atoms with Crippen molar-refractivity contribution in [1.29, 1.82) is 0 Å². The third-order valence-electron chi connectivity index (χ3n) is 8.97.